The summed E-state index contributed by atoms with van der Waals surface area (Å²) in [6.07, 6.45) is -4.57. The van der Waals surface area contributed by atoms with Gasteiger partial charge in [0.2, 0.25) is 3.79 Å². The van der Waals surface area contributed by atoms with Crippen molar-refractivity contribution in [2.75, 3.05) is 0 Å². The molecule has 0 spiro atoms. The van der Waals surface area contributed by atoms with Gasteiger partial charge < -0.3 is 0 Å². The molecule has 24 heavy (non-hydrogen) atoms. The molecule has 3 aromatic rings. The first kappa shape index (κ1) is 17.4. The maximum absolute atomic E-state index is 13.1. The number of hydrogen-bond acceptors (Lipinski definition) is 3. The van der Waals surface area contributed by atoms with Crippen LogP contribution in [0.5, 0.6) is 0 Å². The third kappa shape index (κ3) is 3.50. The molecular formula is C15H7ClF3IN2OS. The van der Waals surface area contributed by atoms with E-state index in [2.05, 4.69) is 5.10 Å². The maximum Gasteiger partial charge on any atom is 0.435 e. The highest BCUT2D eigenvalue weighted by Crippen LogP contribution is 2.37. The Morgan fingerprint density at radius 2 is 1.96 bits per heavy atom. The Hall–Kier alpha value is -1.39. The predicted octanol–water partition coefficient (Wildman–Crippen LogP) is 5.85. The number of carbonyl (C=O) groups excluding carboxylic acids is 1. The summed E-state index contributed by atoms with van der Waals surface area (Å²) in [6, 6.07) is 10.5. The fraction of sp³-hybridized carbons (Fsp3) is 0.0667. The summed E-state index contributed by atoms with van der Waals surface area (Å²) in [4.78, 5) is 12.1. The summed E-state index contributed by atoms with van der Waals surface area (Å²) < 4.78 is 40.6. The van der Waals surface area contributed by atoms with E-state index in [0.29, 0.717) is 20.5 Å². The lowest BCUT2D eigenvalue weighted by Crippen LogP contribution is -2.07. The monoisotopic (exact) mass is 482 g/mol. The van der Waals surface area contributed by atoms with Crippen LogP contribution in [0.25, 0.3) is 16.3 Å². The highest BCUT2D eigenvalue weighted by molar-refractivity contribution is 14.1. The van der Waals surface area contributed by atoms with Crippen LogP contribution in [-0.4, -0.2) is 13.6 Å². The number of thiophene rings is 1. The van der Waals surface area contributed by atoms with Crippen LogP contribution < -0.4 is 0 Å². The minimum Gasteiger partial charge on any atom is -0.282 e. The normalized spacial score (nSPS) is 11.7. The molecule has 124 valence electrons. The molecule has 0 saturated heterocycles. The van der Waals surface area contributed by atoms with Gasteiger partial charge in [0.25, 0.3) is 0 Å². The maximum atomic E-state index is 13.1. The molecule has 0 aliphatic heterocycles. The Labute approximate surface area is 157 Å². The molecule has 2 aromatic heterocycles. The van der Waals surface area contributed by atoms with Crippen LogP contribution in [0.4, 0.5) is 13.2 Å². The molecule has 0 bridgehead atoms. The molecule has 3 rings (SSSR count). The largest absolute Gasteiger partial charge is 0.435 e. The number of carbonyl (C=O) groups is 1. The number of hydrogen-bond donors (Lipinski definition) is 0. The predicted molar refractivity (Wildman–Crippen MR) is 95.2 cm³/mol. The summed E-state index contributed by atoms with van der Waals surface area (Å²) in [5.41, 5.74) is 0.00497. The molecule has 0 radical (unpaired) electrons. The van der Waals surface area contributed by atoms with Crippen molar-refractivity contribution < 1.29 is 18.0 Å². The molecule has 0 atom stereocenters. The molecular weight excluding hydrogens is 476 g/mol. The second-order valence-electron chi connectivity index (χ2n) is 4.75. The van der Waals surface area contributed by atoms with E-state index in [0.717, 1.165) is 17.4 Å². The Kier molecular flexibility index (Phi) is 4.71. The van der Waals surface area contributed by atoms with Gasteiger partial charge in [0, 0.05) is 28.2 Å². The average Bonchev–Trinajstić information content (AvgIpc) is 3.13. The molecule has 0 aliphatic rings. The van der Waals surface area contributed by atoms with E-state index in [1.807, 2.05) is 0 Å². The lowest BCUT2D eigenvalue weighted by atomic mass is 10.2. The van der Waals surface area contributed by atoms with Gasteiger partial charge in [-0.1, -0.05) is 23.7 Å². The first-order valence-electron chi connectivity index (χ1n) is 6.49. The third-order valence-electron chi connectivity index (χ3n) is 3.14. The fourth-order valence-corrected chi connectivity index (χ4v) is 3.48. The summed E-state index contributed by atoms with van der Waals surface area (Å²) >= 11 is 8.67. The molecule has 2 heterocycles. The van der Waals surface area contributed by atoms with Crippen molar-refractivity contribution >= 4 is 49.3 Å². The van der Waals surface area contributed by atoms with E-state index >= 15 is 0 Å². The van der Waals surface area contributed by atoms with E-state index in [1.165, 1.54) is 10.7 Å². The number of halogens is 5. The minimum absolute atomic E-state index is 0.210. The molecule has 0 unspecified atom stereocenters. The van der Waals surface area contributed by atoms with Crippen LogP contribution in [0.1, 0.15) is 16.1 Å². The van der Waals surface area contributed by atoms with Crippen LogP contribution in [0.3, 0.4) is 0 Å². The lowest BCUT2D eigenvalue weighted by molar-refractivity contribution is -0.141. The van der Waals surface area contributed by atoms with Gasteiger partial charge in [0.05, 0.1) is 20.6 Å². The van der Waals surface area contributed by atoms with Gasteiger partial charge in [-0.05, 0) is 30.3 Å². The molecule has 9 heteroatoms. The molecule has 0 saturated carbocycles. The van der Waals surface area contributed by atoms with Gasteiger partial charge in [-0.3, -0.25) is 4.79 Å². The van der Waals surface area contributed by atoms with Crippen LogP contribution >= 0.6 is 45.5 Å². The van der Waals surface area contributed by atoms with Crippen molar-refractivity contribution in [1.29, 1.82) is 0 Å². The van der Waals surface area contributed by atoms with Crippen LogP contribution in [0, 0.1) is 0 Å². The molecule has 0 N–H and O–H groups in total. The Bertz CT molecular complexity index is 920. The summed E-state index contributed by atoms with van der Waals surface area (Å²) in [6.45, 7) is 0. The van der Waals surface area contributed by atoms with Gasteiger partial charge in [0.15, 0.2) is 5.69 Å². The lowest BCUT2D eigenvalue weighted by Gasteiger charge is -2.07. The van der Waals surface area contributed by atoms with Crippen molar-refractivity contribution in [2.24, 2.45) is 0 Å². The zero-order chi connectivity index (χ0) is 17.5. The van der Waals surface area contributed by atoms with Gasteiger partial charge in [-0.15, -0.1) is 11.3 Å². The number of benzene rings is 1. The van der Waals surface area contributed by atoms with E-state index in [9.17, 15) is 18.0 Å². The number of alkyl halides is 3. The number of nitrogens with zero attached hydrogens (tertiary/aromatic N) is 2. The van der Waals surface area contributed by atoms with Crippen molar-refractivity contribution in [3.05, 3.63) is 58.1 Å². The fourth-order valence-electron chi connectivity index (χ4n) is 2.10. The SMILES string of the molecule is O=C(I)c1cccc(-n2nc(C(F)(F)F)cc2-c2ccc(Cl)s2)c1. The van der Waals surface area contributed by atoms with Crippen LogP contribution in [-0.2, 0) is 6.18 Å². The third-order valence-corrected chi connectivity index (χ3v) is 5.02. The highest BCUT2D eigenvalue weighted by atomic mass is 127. The van der Waals surface area contributed by atoms with Crippen molar-refractivity contribution in [2.45, 2.75) is 6.18 Å². The van der Waals surface area contributed by atoms with Gasteiger partial charge in [-0.25, -0.2) is 4.68 Å². The first-order valence-corrected chi connectivity index (χ1v) is 8.76. The van der Waals surface area contributed by atoms with E-state index in [-0.39, 0.29) is 9.48 Å². The minimum atomic E-state index is -4.57. The summed E-state index contributed by atoms with van der Waals surface area (Å²) in [5, 5.41) is 3.68. The molecule has 0 fully saturated rings. The standard InChI is InChI=1S/C15H7ClF3IN2OS/c16-13-5-4-11(24-13)10-7-12(15(17,18)19)21-22(10)9-3-1-2-8(6-9)14(20)23/h1-7H. The molecule has 1 aromatic carbocycles. The smallest absolute Gasteiger partial charge is 0.282 e. The van der Waals surface area contributed by atoms with Crippen molar-refractivity contribution in [1.82, 2.24) is 9.78 Å². The number of aromatic nitrogens is 2. The Morgan fingerprint density at radius 3 is 2.54 bits per heavy atom. The Balaban J connectivity index is 2.21. The second-order valence-corrected chi connectivity index (χ2v) is 7.45. The first-order chi connectivity index (χ1) is 11.3. The van der Waals surface area contributed by atoms with Gasteiger partial charge >= 0.3 is 6.18 Å². The summed E-state index contributed by atoms with van der Waals surface area (Å²) in [7, 11) is 0. The average molecular weight is 483 g/mol. The molecule has 0 amide bonds. The second kappa shape index (κ2) is 6.49. The van der Waals surface area contributed by atoms with Crippen molar-refractivity contribution in [3.63, 3.8) is 0 Å². The highest BCUT2D eigenvalue weighted by Gasteiger charge is 2.35. The van der Waals surface area contributed by atoms with Crippen LogP contribution in [0.2, 0.25) is 4.34 Å². The van der Waals surface area contributed by atoms with E-state index in [4.69, 9.17) is 11.6 Å². The van der Waals surface area contributed by atoms with Crippen LogP contribution in [0.15, 0.2) is 42.5 Å². The topological polar surface area (TPSA) is 34.9 Å². The van der Waals surface area contributed by atoms with Gasteiger partial charge in [0.1, 0.15) is 0 Å². The van der Waals surface area contributed by atoms with E-state index in [1.54, 1.807) is 52.9 Å². The van der Waals surface area contributed by atoms with E-state index < -0.39 is 11.9 Å². The Morgan fingerprint density at radius 1 is 1.21 bits per heavy atom. The van der Waals surface area contributed by atoms with Crippen molar-refractivity contribution in [3.8, 4) is 16.3 Å². The summed E-state index contributed by atoms with van der Waals surface area (Å²) in [5.74, 6) is 0. The zero-order valence-electron chi connectivity index (χ0n) is 11.6. The van der Waals surface area contributed by atoms with Gasteiger partial charge in [-0.2, -0.15) is 18.3 Å². The zero-order valence-corrected chi connectivity index (χ0v) is 15.4. The molecule has 0 aliphatic carbocycles. The number of rotatable bonds is 3. The molecule has 3 nitrogen and oxygen atoms in total. The quantitative estimate of drug-likeness (QED) is 0.347.